The molecule has 1 aliphatic heterocycles. The van der Waals surface area contributed by atoms with Gasteiger partial charge in [-0.15, -0.1) is 0 Å². The Morgan fingerprint density at radius 1 is 1.07 bits per heavy atom. The Bertz CT molecular complexity index is 885. The lowest BCUT2D eigenvalue weighted by molar-refractivity contribution is 0.285. The van der Waals surface area contributed by atoms with Crippen LogP contribution in [-0.2, 0) is 6.54 Å². The lowest BCUT2D eigenvalue weighted by Gasteiger charge is -2.27. The summed E-state index contributed by atoms with van der Waals surface area (Å²) in [5, 5.41) is 0. The second-order valence-electron chi connectivity index (χ2n) is 6.95. The van der Waals surface area contributed by atoms with Crippen LogP contribution in [0.5, 0.6) is 0 Å². The van der Waals surface area contributed by atoms with Gasteiger partial charge in [0, 0.05) is 37.3 Å². The minimum Gasteiger partial charge on any atom is -0.326 e. The van der Waals surface area contributed by atoms with E-state index in [0.717, 1.165) is 30.8 Å². The van der Waals surface area contributed by atoms with Gasteiger partial charge < -0.3 is 4.57 Å². The van der Waals surface area contributed by atoms with Gasteiger partial charge in [0.1, 0.15) is 5.82 Å². The molecule has 3 nitrogen and oxygen atoms in total. The summed E-state index contributed by atoms with van der Waals surface area (Å²) in [4.78, 5) is 6.93. The van der Waals surface area contributed by atoms with Gasteiger partial charge in [0.25, 0.3) is 0 Å². The maximum absolute atomic E-state index is 13.3. The largest absolute Gasteiger partial charge is 0.326 e. The van der Waals surface area contributed by atoms with Crippen molar-refractivity contribution < 1.29 is 4.39 Å². The first-order valence-electron chi connectivity index (χ1n) is 9.38. The molecule has 27 heavy (non-hydrogen) atoms. The zero-order valence-electron chi connectivity index (χ0n) is 15.5. The molecule has 0 aliphatic carbocycles. The number of hydrogen-bond donors (Lipinski definition) is 0. The second-order valence-corrected chi connectivity index (χ2v) is 8.18. The van der Waals surface area contributed by atoms with E-state index in [-0.39, 0.29) is 11.9 Å². The molecule has 1 saturated heterocycles. The van der Waals surface area contributed by atoms with Crippen LogP contribution >= 0.6 is 11.8 Å². The number of rotatable bonds is 5. The van der Waals surface area contributed by atoms with E-state index in [1.807, 2.05) is 42.5 Å². The number of thioether (sulfide) groups is 1. The van der Waals surface area contributed by atoms with E-state index in [9.17, 15) is 4.39 Å². The number of nitrogens with zero attached hydrogens (tertiary/aromatic N) is 3. The van der Waals surface area contributed by atoms with Gasteiger partial charge in [-0.05, 0) is 35.7 Å². The summed E-state index contributed by atoms with van der Waals surface area (Å²) in [7, 11) is 0. The molecule has 0 spiro atoms. The lowest BCUT2D eigenvalue weighted by Crippen LogP contribution is -2.33. The van der Waals surface area contributed by atoms with E-state index in [1.165, 1.54) is 34.9 Å². The molecular formula is C22H24FN3S. The van der Waals surface area contributed by atoms with Crippen molar-refractivity contribution in [3.63, 3.8) is 0 Å². The van der Waals surface area contributed by atoms with Crippen LogP contribution in [0.2, 0.25) is 0 Å². The summed E-state index contributed by atoms with van der Waals surface area (Å²) in [6.45, 7) is 5.41. The Kier molecular flexibility index (Phi) is 5.60. The molecule has 1 unspecified atom stereocenters. The topological polar surface area (TPSA) is 21.1 Å². The number of hydrogen-bond acceptors (Lipinski definition) is 3. The summed E-state index contributed by atoms with van der Waals surface area (Å²) in [5.74, 6) is 2.20. The molecule has 1 fully saturated rings. The summed E-state index contributed by atoms with van der Waals surface area (Å²) < 4.78 is 15.6. The van der Waals surface area contributed by atoms with Crippen LogP contribution in [0, 0.1) is 5.82 Å². The average Bonchev–Trinajstić information content (AvgIpc) is 3.17. The Morgan fingerprint density at radius 3 is 2.59 bits per heavy atom. The van der Waals surface area contributed by atoms with E-state index >= 15 is 0 Å². The molecule has 140 valence electrons. The molecule has 0 saturated carbocycles. The first kappa shape index (κ1) is 18.3. The fourth-order valence-electron chi connectivity index (χ4n) is 3.70. The van der Waals surface area contributed by atoms with Gasteiger partial charge >= 0.3 is 0 Å². The van der Waals surface area contributed by atoms with Crippen LogP contribution in [0.3, 0.4) is 0 Å². The molecule has 0 amide bonds. The molecule has 0 N–H and O–H groups in total. The van der Waals surface area contributed by atoms with Crippen LogP contribution in [-0.4, -0.2) is 39.0 Å². The molecule has 2 heterocycles. The van der Waals surface area contributed by atoms with Gasteiger partial charge in [-0.2, -0.15) is 11.8 Å². The van der Waals surface area contributed by atoms with Crippen molar-refractivity contribution in [1.82, 2.24) is 14.5 Å². The van der Waals surface area contributed by atoms with E-state index in [0.29, 0.717) is 0 Å². The highest BCUT2D eigenvalue weighted by atomic mass is 32.2. The minimum absolute atomic E-state index is 0.155. The number of halogens is 1. The van der Waals surface area contributed by atoms with Crippen LogP contribution in [0.25, 0.3) is 11.1 Å². The van der Waals surface area contributed by atoms with Crippen LogP contribution in [0.15, 0.2) is 61.1 Å². The van der Waals surface area contributed by atoms with Gasteiger partial charge in [0.15, 0.2) is 0 Å². The normalized spacial score (nSPS) is 16.4. The Balaban J connectivity index is 1.63. The summed E-state index contributed by atoms with van der Waals surface area (Å²) in [6.07, 6.45) is 3.92. The third kappa shape index (κ3) is 4.09. The molecule has 0 radical (unpaired) electrons. The Morgan fingerprint density at radius 2 is 1.81 bits per heavy atom. The van der Waals surface area contributed by atoms with Gasteiger partial charge in [-0.1, -0.05) is 36.4 Å². The standard InChI is InChI=1S/C22H24FN3S/c1-17(26-16-24-14-20(26)15-25-10-12-27-13-11-25)21-4-2-3-5-22(21)18-6-8-19(23)9-7-18/h2-9,14,16-17H,10-13,15H2,1H3. The predicted octanol–water partition coefficient (Wildman–Crippen LogP) is 4.85. The van der Waals surface area contributed by atoms with E-state index in [1.54, 1.807) is 0 Å². The lowest BCUT2D eigenvalue weighted by atomic mass is 9.95. The maximum atomic E-state index is 13.3. The minimum atomic E-state index is -0.208. The molecule has 1 aromatic heterocycles. The van der Waals surface area contributed by atoms with Crippen LogP contribution in [0.1, 0.15) is 24.2 Å². The highest BCUT2D eigenvalue weighted by molar-refractivity contribution is 7.99. The van der Waals surface area contributed by atoms with Crippen LogP contribution < -0.4 is 0 Å². The maximum Gasteiger partial charge on any atom is 0.123 e. The van der Waals surface area contributed by atoms with Crippen LogP contribution in [0.4, 0.5) is 4.39 Å². The monoisotopic (exact) mass is 381 g/mol. The first-order chi connectivity index (χ1) is 13.2. The van der Waals surface area contributed by atoms with Crippen molar-refractivity contribution in [2.45, 2.75) is 19.5 Å². The van der Waals surface area contributed by atoms with Gasteiger partial charge in [-0.3, -0.25) is 4.90 Å². The van der Waals surface area contributed by atoms with Crippen molar-refractivity contribution in [1.29, 1.82) is 0 Å². The first-order valence-corrected chi connectivity index (χ1v) is 10.5. The van der Waals surface area contributed by atoms with E-state index in [4.69, 9.17) is 0 Å². The van der Waals surface area contributed by atoms with Gasteiger partial charge in [0.2, 0.25) is 0 Å². The number of imidazole rings is 1. The van der Waals surface area contributed by atoms with E-state index in [2.05, 4.69) is 39.6 Å². The third-order valence-corrected chi connectivity index (χ3v) is 6.16. The van der Waals surface area contributed by atoms with Crippen molar-refractivity contribution >= 4 is 11.8 Å². The Hall–Kier alpha value is -2.11. The highest BCUT2D eigenvalue weighted by Gasteiger charge is 2.18. The summed E-state index contributed by atoms with van der Waals surface area (Å²) in [5.41, 5.74) is 4.63. The smallest absolute Gasteiger partial charge is 0.123 e. The quantitative estimate of drug-likeness (QED) is 0.631. The fraction of sp³-hybridized carbons (Fsp3) is 0.318. The Labute approximate surface area is 164 Å². The fourth-order valence-corrected chi connectivity index (χ4v) is 4.67. The SMILES string of the molecule is CC(c1ccccc1-c1ccc(F)cc1)n1cncc1CN1CCSCC1. The van der Waals surface area contributed by atoms with Gasteiger partial charge in [-0.25, -0.2) is 9.37 Å². The summed E-state index contributed by atoms with van der Waals surface area (Å²) >= 11 is 2.03. The van der Waals surface area contributed by atoms with E-state index < -0.39 is 0 Å². The zero-order valence-corrected chi connectivity index (χ0v) is 16.3. The molecular weight excluding hydrogens is 357 g/mol. The second kappa shape index (κ2) is 8.28. The average molecular weight is 382 g/mol. The molecule has 3 aromatic rings. The predicted molar refractivity (Wildman–Crippen MR) is 110 cm³/mol. The molecule has 5 heteroatoms. The third-order valence-electron chi connectivity index (χ3n) is 5.22. The molecule has 0 bridgehead atoms. The van der Waals surface area contributed by atoms with Crippen molar-refractivity contribution in [3.8, 4) is 11.1 Å². The molecule has 1 aliphatic rings. The molecule has 4 rings (SSSR count). The van der Waals surface area contributed by atoms with Gasteiger partial charge in [0.05, 0.1) is 18.1 Å². The zero-order chi connectivity index (χ0) is 18.6. The molecule has 2 aromatic carbocycles. The number of aromatic nitrogens is 2. The van der Waals surface area contributed by atoms with Crippen molar-refractivity contribution in [2.24, 2.45) is 0 Å². The van der Waals surface area contributed by atoms with Crippen molar-refractivity contribution in [2.75, 3.05) is 24.6 Å². The summed E-state index contributed by atoms with van der Waals surface area (Å²) in [6, 6.07) is 15.3. The number of benzene rings is 2. The molecule has 1 atom stereocenters. The van der Waals surface area contributed by atoms with Crippen molar-refractivity contribution in [3.05, 3.63) is 78.1 Å². The highest BCUT2D eigenvalue weighted by Crippen LogP contribution is 2.31.